The summed E-state index contributed by atoms with van der Waals surface area (Å²) in [7, 11) is 5.05. The highest BCUT2D eigenvalue weighted by molar-refractivity contribution is 5.46. The fourth-order valence-corrected chi connectivity index (χ4v) is 2.24. The van der Waals surface area contributed by atoms with E-state index in [9.17, 15) is 4.39 Å². The van der Waals surface area contributed by atoms with Crippen LogP contribution in [-0.2, 0) is 0 Å². The van der Waals surface area contributed by atoms with Crippen LogP contribution in [0.15, 0.2) is 42.5 Å². The predicted molar refractivity (Wildman–Crippen MR) is 76.8 cm³/mol. The van der Waals surface area contributed by atoms with Crippen LogP contribution in [0.3, 0.4) is 0 Å². The van der Waals surface area contributed by atoms with Gasteiger partial charge in [-0.15, -0.1) is 0 Å². The van der Waals surface area contributed by atoms with Gasteiger partial charge in [-0.05, 0) is 36.9 Å². The molecule has 3 nitrogen and oxygen atoms in total. The van der Waals surface area contributed by atoms with Crippen molar-refractivity contribution in [3.05, 3.63) is 59.4 Å². The third kappa shape index (κ3) is 2.91. The highest BCUT2D eigenvalue weighted by atomic mass is 19.1. The maximum absolute atomic E-state index is 13.4. The summed E-state index contributed by atoms with van der Waals surface area (Å²) < 4.78 is 24.0. The monoisotopic (exact) mass is 275 g/mol. The molecule has 0 aliphatic rings. The maximum atomic E-state index is 13.4. The summed E-state index contributed by atoms with van der Waals surface area (Å²) in [6.45, 7) is 0. The minimum absolute atomic E-state index is 0.147. The molecule has 0 fully saturated rings. The zero-order chi connectivity index (χ0) is 14.5. The van der Waals surface area contributed by atoms with Crippen molar-refractivity contribution in [2.24, 2.45) is 0 Å². The molecule has 0 bridgehead atoms. The van der Waals surface area contributed by atoms with Gasteiger partial charge < -0.3 is 14.8 Å². The van der Waals surface area contributed by atoms with E-state index in [1.807, 2.05) is 31.3 Å². The fraction of sp³-hybridized carbons (Fsp3) is 0.250. The van der Waals surface area contributed by atoms with Gasteiger partial charge in [-0.1, -0.05) is 12.1 Å². The number of rotatable bonds is 5. The third-order valence-electron chi connectivity index (χ3n) is 3.22. The molecule has 2 aromatic carbocycles. The van der Waals surface area contributed by atoms with Gasteiger partial charge in [0.25, 0.3) is 0 Å². The van der Waals surface area contributed by atoms with Crippen molar-refractivity contribution in [2.75, 3.05) is 21.3 Å². The van der Waals surface area contributed by atoms with Gasteiger partial charge in [-0.25, -0.2) is 4.39 Å². The lowest BCUT2D eigenvalue weighted by molar-refractivity contribution is 0.388. The molecule has 1 N–H and O–H groups in total. The highest BCUT2D eigenvalue weighted by Crippen LogP contribution is 2.32. The molecule has 4 heteroatoms. The Bertz CT molecular complexity index is 586. The number of benzene rings is 2. The van der Waals surface area contributed by atoms with Gasteiger partial charge in [0.2, 0.25) is 0 Å². The van der Waals surface area contributed by atoms with Crippen LogP contribution in [-0.4, -0.2) is 21.3 Å². The first kappa shape index (κ1) is 14.3. The third-order valence-corrected chi connectivity index (χ3v) is 3.22. The quantitative estimate of drug-likeness (QED) is 0.909. The average Bonchev–Trinajstić information content (AvgIpc) is 2.48. The topological polar surface area (TPSA) is 30.5 Å². The summed E-state index contributed by atoms with van der Waals surface area (Å²) in [6.07, 6.45) is 0. The Labute approximate surface area is 118 Å². The minimum atomic E-state index is -0.254. The Morgan fingerprint density at radius 3 is 2.45 bits per heavy atom. The van der Waals surface area contributed by atoms with Gasteiger partial charge in [0.15, 0.2) is 0 Å². The molecule has 1 unspecified atom stereocenters. The normalized spacial score (nSPS) is 12.0. The summed E-state index contributed by atoms with van der Waals surface area (Å²) in [5, 5.41) is 3.19. The number of hydrogen-bond donors (Lipinski definition) is 1. The zero-order valence-electron chi connectivity index (χ0n) is 11.8. The molecule has 0 spiro atoms. The van der Waals surface area contributed by atoms with Crippen molar-refractivity contribution in [2.45, 2.75) is 6.04 Å². The zero-order valence-corrected chi connectivity index (χ0v) is 11.8. The van der Waals surface area contributed by atoms with E-state index in [-0.39, 0.29) is 11.9 Å². The van der Waals surface area contributed by atoms with Crippen molar-refractivity contribution in [1.29, 1.82) is 0 Å². The second-order valence-corrected chi connectivity index (χ2v) is 4.38. The van der Waals surface area contributed by atoms with E-state index in [1.54, 1.807) is 20.3 Å². The van der Waals surface area contributed by atoms with E-state index in [1.165, 1.54) is 12.1 Å². The summed E-state index contributed by atoms with van der Waals surface area (Å²) in [4.78, 5) is 0. The molecule has 0 heterocycles. The Morgan fingerprint density at radius 1 is 1.05 bits per heavy atom. The maximum Gasteiger partial charge on any atom is 0.127 e. The Morgan fingerprint density at radius 2 is 1.85 bits per heavy atom. The second-order valence-electron chi connectivity index (χ2n) is 4.38. The van der Waals surface area contributed by atoms with Crippen molar-refractivity contribution in [1.82, 2.24) is 5.32 Å². The van der Waals surface area contributed by atoms with Gasteiger partial charge in [-0.3, -0.25) is 0 Å². The van der Waals surface area contributed by atoms with E-state index in [2.05, 4.69) is 5.32 Å². The number of hydrogen-bond acceptors (Lipinski definition) is 3. The van der Waals surface area contributed by atoms with Crippen LogP contribution in [0.1, 0.15) is 17.2 Å². The molecule has 0 radical (unpaired) electrons. The predicted octanol–water partition coefficient (Wildman–Crippen LogP) is 3.15. The molecule has 0 aliphatic heterocycles. The van der Waals surface area contributed by atoms with E-state index >= 15 is 0 Å². The van der Waals surface area contributed by atoms with Crippen LogP contribution in [0.2, 0.25) is 0 Å². The largest absolute Gasteiger partial charge is 0.497 e. The summed E-state index contributed by atoms with van der Waals surface area (Å²) >= 11 is 0. The molecule has 0 aromatic heterocycles. The van der Waals surface area contributed by atoms with Gasteiger partial charge in [0, 0.05) is 11.6 Å². The van der Waals surface area contributed by atoms with Crippen LogP contribution in [0.4, 0.5) is 4.39 Å². The summed E-state index contributed by atoms with van der Waals surface area (Å²) in [5.74, 6) is 1.17. The standard InChI is InChI=1S/C16H18FNO2/c1-18-16(11-5-4-6-12(17)9-11)14-8-7-13(19-2)10-15(14)20-3/h4-10,16,18H,1-3H3. The molecule has 1 atom stereocenters. The van der Waals surface area contributed by atoms with Gasteiger partial charge in [0.1, 0.15) is 17.3 Å². The van der Waals surface area contributed by atoms with Crippen LogP contribution >= 0.6 is 0 Å². The van der Waals surface area contributed by atoms with Crippen LogP contribution in [0.25, 0.3) is 0 Å². The molecule has 0 saturated heterocycles. The van der Waals surface area contributed by atoms with Crippen LogP contribution in [0.5, 0.6) is 11.5 Å². The summed E-state index contributed by atoms with van der Waals surface area (Å²) in [5.41, 5.74) is 1.78. The van der Waals surface area contributed by atoms with Crippen molar-refractivity contribution in [3.63, 3.8) is 0 Å². The van der Waals surface area contributed by atoms with Gasteiger partial charge in [0.05, 0.1) is 20.3 Å². The molecule has 0 amide bonds. The Hall–Kier alpha value is -2.07. The Kier molecular flexibility index (Phi) is 4.58. The lowest BCUT2D eigenvalue weighted by Gasteiger charge is -2.20. The number of nitrogens with one attached hydrogen (secondary N) is 1. The minimum Gasteiger partial charge on any atom is -0.497 e. The molecule has 2 rings (SSSR count). The number of halogens is 1. The van der Waals surface area contributed by atoms with E-state index in [0.717, 1.165) is 16.9 Å². The molecule has 2 aromatic rings. The second kappa shape index (κ2) is 6.39. The molecule has 20 heavy (non-hydrogen) atoms. The van der Waals surface area contributed by atoms with E-state index in [0.29, 0.717) is 5.75 Å². The van der Waals surface area contributed by atoms with Crippen molar-refractivity contribution in [3.8, 4) is 11.5 Å². The van der Waals surface area contributed by atoms with Crippen molar-refractivity contribution >= 4 is 0 Å². The number of methoxy groups -OCH3 is 2. The lowest BCUT2D eigenvalue weighted by atomic mass is 9.97. The van der Waals surface area contributed by atoms with Crippen LogP contribution < -0.4 is 14.8 Å². The molecule has 0 aliphatic carbocycles. The lowest BCUT2D eigenvalue weighted by Crippen LogP contribution is -2.18. The fourth-order valence-electron chi connectivity index (χ4n) is 2.24. The molecule has 0 saturated carbocycles. The molecule has 106 valence electrons. The van der Waals surface area contributed by atoms with Gasteiger partial charge >= 0.3 is 0 Å². The van der Waals surface area contributed by atoms with Crippen molar-refractivity contribution < 1.29 is 13.9 Å². The van der Waals surface area contributed by atoms with E-state index < -0.39 is 0 Å². The first-order chi connectivity index (χ1) is 9.69. The Balaban J connectivity index is 2.46. The van der Waals surface area contributed by atoms with Gasteiger partial charge in [-0.2, -0.15) is 0 Å². The summed E-state index contributed by atoms with van der Waals surface area (Å²) in [6, 6.07) is 12.0. The van der Waals surface area contributed by atoms with E-state index in [4.69, 9.17) is 9.47 Å². The first-order valence-corrected chi connectivity index (χ1v) is 6.34. The number of ether oxygens (including phenoxy) is 2. The SMILES string of the molecule is CNC(c1cccc(F)c1)c1ccc(OC)cc1OC. The molecular formula is C16H18FNO2. The average molecular weight is 275 g/mol. The first-order valence-electron chi connectivity index (χ1n) is 6.34. The van der Waals surface area contributed by atoms with Crippen LogP contribution in [0, 0.1) is 5.82 Å². The highest BCUT2D eigenvalue weighted by Gasteiger charge is 2.17. The smallest absolute Gasteiger partial charge is 0.127 e. The molecular weight excluding hydrogens is 257 g/mol.